The van der Waals surface area contributed by atoms with Crippen molar-refractivity contribution in [3.05, 3.63) is 58.3 Å². The predicted molar refractivity (Wildman–Crippen MR) is 91.5 cm³/mol. The van der Waals surface area contributed by atoms with Gasteiger partial charge in [0.25, 0.3) is 11.8 Å². The number of hydrogen-bond acceptors (Lipinski definition) is 4. The van der Waals surface area contributed by atoms with E-state index in [0.29, 0.717) is 17.7 Å². The Balaban J connectivity index is 1.47. The van der Waals surface area contributed by atoms with Crippen LogP contribution in [-0.4, -0.2) is 34.8 Å². The predicted octanol–water partition coefficient (Wildman–Crippen LogP) is 3.33. The highest BCUT2D eigenvalue weighted by Gasteiger charge is 2.34. The molecule has 1 aromatic heterocycles. The summed E-state index contributed by atoms with van der Waals surface area (Å²) < 4.78 is 0.925. The van der Waals surface area contributed by atoms with Crippen molar-refractivity contribution in [3.8, 4) is 0 Å². The summed E-state index contributed by atoms with van der Waals surface area (Å²) in [7, 11) is 0. The maximum Gasteiger partial charge on any atom is 0.261 e. The van der Waals surface area contributed by atoms with Gasteiger partial charge in [0.05, 0.1) is 23.0 Å². The monoisotopic (exact) mass is 373 g/mol. The molecule has 118 valence electrons. The van der Waals surface area contributed by atoms with Gasteiger partial charge >= 0.3 is 0 Å². The van der Waals surface area contributed by atoms with E-state index in [9.17, 15) is 9.59 Å². The van der Waals surface area contributed by atoms with Crippen molar-refractivity contribution in [1.82, 2.24) is 9.88 Å². The van der Waals surface area contributed by atoms with Crippen LogP contribution >= 0.6 is 15.9 Å². The Morgan fingerprint density at radius 2 is 1.74 bits per heavy atom. The SMILES string of the molecule is O=C1c2ccccc2C(=O)N1CCCCNc1cncc(Br)c1. The number of hydrogen-bond donors (Lipinski definition) is 1. The minimum absolute atomic E-state index is 0.185. The van der Waals surface area contributed by atoms with Gasteiger partial charge in [-0.2, -0.15) is 0 Å². The lowest BCUT2D eigenvalue weighted by Crippen LogP contribution is -2.30. The summed E-state index contributed by atoms with van der Waals surface area (Å²) in [4.78, 5) is 29.8. The molecule has 5 nitrogen and oxygen atoms in total. The molecule has 2 amide bonds. The number of amides is 2. The van der Waals surface area contributed by atoms with Gasteiger partial charge in [-0.1, -0.05) is 12.1 Å². The van der Waals surface area contributed by atoms with Gasteiger partial charge in [0.1, 0.15) is 0 Å². The highest BCUT2D eigenvalue weighted by atomic mass is 79.9. The number of anilines is 1. The first-order valence-electron chi connectivity index (χ1n) is 7.46. The summed E-state index contributed by atoms with van der Waals surface area (Å²) in [5.74, 6) is -0.371. The Morgan fingerprint density at radius 1 is 1.04 bits per heavy atom. The fourth-order valence-corrected chi connectivity index (χ4v) is 2.94. The van der Waals surface area contributed by atoms with Crippen molar-refractivity contribution >= 4 is 33.4 Å². The molecule has 3 rings (SSSR count). The van der Waals surface area contributed by atoms with E-state index in [1.165, 1.54) is 4.90 Å². The van der Waals surface area contributed by atoms with Gasteiger partial charge < -0.3 is 5.32 Å². The van der Waals surface area contributed by atoms with E-state index in [4.69, 9.17) is 0 Å². The molecule has 1 aliphatic rings. The molecule has 2 aromatic rings. The first kappa shape index (κ1) is 15.7. The third-order valence-corrected chi connectivity index (χ3v) is 4.15. The van der Waals surface area contributed by atoms with E-state index in [0.717, 1.165) is 29.5 Å². The number of pyridine rings is 1. The van der Waals surface area contributed by atoms with Crippen LogP contribution < -0.4 is 5.32 Å². The van der Waals surface area contributed by atoms with Gasteiger partial charge in [-0.3, -0.25) is 19.5 Å². The van der Waals surface area contributed by atoms with Crippen LogP contribution in [-0.2, 0) is 0 Å². The first-order chi connectivity index (χ1) is 11.2. The van der Waals surface area contributed by atoms with Crippen molar-refractivity contribution in [3.63, 3.8) is 0 Å². The molecule has 0 atom stereocenters. The Morgan fingerprint density at radius 3 is 2.39 bits per heavy atom. The number of unbranched alkanes of at least 4 members (excludes halogenated alkanes) is 1. The van der Waals surface area contributed by atoms with Crippen LogP contribution in [0.5, 0.6) is 0 Å². The van der Waals surface area contributed by atoms with Gasteiger partial charge in [-0.15, -0.1) is 0 Å². The summed E-state index contributed by atoms with van der Waals surface area (Å²) in [5, 5.41) is 3.27. The number of aromatic nitrogens is 1. The summed E-state index contributed by atoms with van der Waals surface area (Å²) in [6, 6.07) is 8.93. The third kappa shape index (κ3) is 3.42. The van der Waals surface area contributed by atoms with Crippen molar-refractivity contribution in [1.29, 1.82) is 0 Å². The molecule has 0 bridgehead atoms. The van der Waals surface area contributed by atoms with E-state index in [2.05, 4.69) is 26.2 Å². The second-order valence-corrected chi connectivity index (χ2v) is 6.25. The Labute approximate surface area is 142 Å². The van der Waals surface area contributed by atoms with Gasteiger partial charge in [0.15, 0.2) is 0 Å². The van der Waals surface area contributed by atoms with Crippen LogP contribution in [0.3, 0.4) is 0 Å². The molecule has 0 aliphatic carbocycles. The van der Waals surface area contributed by atoms with E-state index in [1.54, 1.807) is 36.7 Å². The standard InChI is InChI=1S/C17H16BrN3O2/c18-12-9-13(11-19-10-12)20-7-3-4-8-21-16(22)14-5-1-2-6-15(14)17(21)23/h1-2,5-6,9-11,20H,3-4,7-8H2. The van der Waals surface area contributed by atoms with Gasteiger partial charge in [-0.25, -0.2) is 0 Å². The lowest BCUT2D eigenvalue weighted by atomic mass is 10.1. The lowest BCUT2D eigenvalue weighted by Gasteiger charge is -2.13. The smallest absolute Gasteiger partial charge is 0.261 e. The maximum atomic E-state index is 12.2. The minimum atomic E-state index is -0.185. The highest BCUT2D eigenvalue weighted by Crippen LogP contribution is 2.22. The number of rotatable bonds is 6. The highest BCUT2D eigenvalue weighted by molar-refractivity contribution is 9.10. The molecule has 0 unspecified atom stereocenters. The summed E-state index contributed by atoms with van der Waals surface area (Å²) in [6.45, 7) is 1.21. The van der Waals surface area contributed by atoms with E-state index < -0.39 is 0 Å². The van der Waals surface area contributed by atoms with Crippen LogP contribution in [0, 0.1) is 0 Å². The Bertz CT molecular complexity index is 713. The first-order valence-corrected chi connectivity index (χ1v) is 8.26. The number of halogens is 1. The molecule has 0 saturated carbocycles. The molecule has 0 saturated heterocycles. The Kier molecular flexibility index (Phi) is 4.71. The van der Waals surface area contributed by atoms with Crippen LogP contribution in [0.2, 0.25) is 0 Å². The number of imide groups is 1. The van der Waals surface area contributed by atoms with Crippen molar-refractivity contribution in [2.75, 3.05) is 18.4 Å². The molecule has 23 heavy (non-hydrogen) atoms. The number of nitrogens with one attached hydrogen (secondary N) is 1. The zero-order valence-corrected chi connectivity index (χ0v) is 14.0. The zero-order valence-electron chi connectivity index (χ0n) is 12.5. The maximum absolute atomic E-state index is 12.2. The van der Waals surface area contributed by atoms with Crippen molar-refractivity contribution in [2.45, 2.75) is 12.8 Å². The number of benzene rings is 1. The van der Waals surface area contributed by atoms with E-state index in [1.807, 2.05) is 6.07 Å². The van der Waals surface area contributed by atoms with Crippen LogP contribution in [0.15, 0.2) is 47.2 Å². The molecular formula is C17H16BrN3O2. The average Bonchev–Trinajstić information content (AvgIpc) is 2.80. The fraction of sp³-hybridized carbons (Fsp3) is 0.235. The minimum Gasteiger partial charge on any atom is -0.384 e. The molecule has 6 heteroatoms. The normalized spacial score (nSPS) is 13.3. The van der Waals surface area contributed by atoms with Crippen LogP contribution in [0.1, 0.15) is 33.6 Å². The van der Waals surface area contributed by atoms with Crippen LogP contribution in [0.25, 0.3) is 0 Å². The number of nitrogens with zero attached hydrogens (tertiary/aromatic N) is 2. The van der Waals surface area contributed by atoms with E-state index >= 15 is 0 Å². The second kappa shape index (κ2) is 6.91. The topological polar surface area (TPSA) is 62.3 Å². The Hall–Kier alpha value is -2.21. The quantitative estimate of drug-likeness (QED) is 0.622. The largest absolute Gasteiger partial charge is 0.384 e. The lowest BCUT2D eigenvalue weighted by molar-refractivity contribution is 0.0652. The number of carbonyl (C=O) groups excluding carboxylic acids is 2. The number of fused-ring (bicyclic) bond motifs is 1. The summed E-state index contributed by atoms with van der Waals surface area (Å²) in [6.07, 6.45) is 5.11. The molecule has 1 N–H and O–H groups in total. The fourth-order valence-electron chi connectivity index (χ4n) is 2.58. The molecule has 1 aromatic carbocycles. The third-order valence-electron chi connectivity index (χ3n) is 3.72. The average molecular weight is 374 g/mol. The molecule has 1 aliphatic heterocycles. The van der Waals surface area contributed by atoms with Gasteiger partial charge in [0.2, 0.25) is 0 Å². The zero-order chi connectivity index (χ0) is 16.2. The van der Waals surface area contributed by atoms with Gasteiger partial charge in [0, 0.05) is 23.8 Å². The molecule has 2 heterocycles. The molecule has 0 fully saturated rings. The summed E-state index contributed by atoms with van der Waals surface area (Å²) >= 11 is 3.37. The molecular weight excluding hydrogens is 358 g/mol. The van der Waals surface area contributed by atoms with Crippen molar-refractivity contribution < 1.29 is 9.59 Å². The van der Waals surface area contributed by atoms with E-state index in [-0.39, 0.29) is 11.8 Å². The molecule has 0 radical (unpaired) electrons. The van der Waals surface area contributed by atoms with Crippen LogP contribution in [0.4, 0.5) is 5.69 Å². The number of carbonyl (C=O) groups is 2. The second-order valence-electron chi connectivity index (χ2n) is 5.33. The van der Waals surface area contributed by atoms with Gasteiger partial charge in [-0.05, 0) is 47.0 Å². The van der Waals surface area contributed by atoms with Crippen molar-refractivity contribution in [2.24, 2.45) is 0 Å². The molecule has 0 spiro atoms. The summed E-state index contributed by atoms with van der Waals surface area (Å²) in [5.41, 5.74) is 1.96.